The van der Waals surface area contributed by atoms with Crippen LogP contribution in [-0.4, -0.2) is 22.4 Å². The lowest BCUT2D eigenvalue weighted by Gasteiger charge is -2.08. The van der Waals surface area contributed by atoms with Gasteiger partial charge in [-0.05, 0) is 12.3 Å². The van der Waals surface area contributed by atoms with E-state index >= 15 is 0 Å². The molecular formula is C10H17F2N3. The lowest BCUT2D eigenvalue weighted by Crippen LogP contribution is -2.31. The van der Waals surface area contributed by atoms with Crippen molar-refractivity contribution in [3.8, 4) is 0 Å². The predicted molar refractivity (Wildman–Crippen MR) is 55.0 cm³/mol. The van der Waals surface area contributed by atoms with Crippen molar-refractivity contribution in [1.82, 2.24) is 9.97 Å². The molecule has 0 fully saturated rings. The lowest BCUT2D eigenvalue weighted by molar-refractivity contribution is 0.115. The summed E-state index contributed by atoms with van der Waals surface area (Å²) in [4.78, 5) is 7.06. The number of nitrogens with zero attached hydrogens (tertiary/aromatic N) is 1. The van der Waals surface area contributed by atoms with E-state index in [-0.39, 0.29) is 6.42 Å². The van der Waals surface area contributed by atoms with Crippen LogP contribution in [0.15, 0.2) is 6.20 Å². The summed E-state index contributed by atoms with van der Waals surface area (Å²) in [5.74, 6) is 0.909. The third kappa shape index (κ3) is 3.27. The van der Waals surface area contributed by atoms with Crippen molar-refractivity contribution < 1.29 is 8.78 Å². The Bertz CT molecular complexity index is 299. The van der Waals surface area contributed by atoms with Gasteiger partial charge in [-0.3, -0.25) is 0 Å². The van der Waals surface area contributed by atoms with Gasteiger partial charge in [0.2, 0.25) is 0 Å². The maximum Gasteiger partial charge on any atom is 0.253 e. The fourth-order valence-corrected chi connectivity index (χ4v) is 1.27. The van der Waals surface area contributed by atoms with Gasteiger partial charge < -0.3 is 10.7 Å². The number of imidazole rings is 1. The van der Waals surface area contributed by atoms with Crippen molar-refractivity contribution in [3.05, 3.63) is 17.7 Å². The second-order valence-corrected chi connectivity index (χ2v) is 3.80. The van der Waals surface area contributed by atoms with Crippen molar-refractivity contribution >= 4 is 0 Å². The second kappa shape index (κ2) is 5.21. The zero-order chi connectivity index (χ0) is 11.4. The first-order valence-electron chi connectivity index (χ1n) is 5.12. The van der Waals surface area contributed by atoms with Crippen molar-refractivity contribution in [1.29, 1.82) is 0 Å². The fraction of sp³-hybridized carbons (Fsp3) is 0.700. The van der Waals surface area contributed by atoms with Crippen LogP contribution in [0.3, 0.4) is 0 Å². The molecule has 86 valence electrons. The molecule has 15 heavy (non-hydrogen) atoms. The molecule has 0 amide bonds. The van der Waals surface area contributed by atoms with Gasteiger partial charge in [-0.1, -0.05) is 13.8 Å². The molecule has 0 saturated heterocycles. The summed E-state index contributed by atoms with van der Waals surface area (Å²) in [7, 11) is 0. The summed E-state index contributed by atoms with van der Waals surface area (Å²) in [6.07, 6.45) is 0.278. The summed E-state index contributed by atoms with van der Waals surface area (Å²) < 4.78 is 24.4. The number of H-pyrrole nitrogens is 1. The first-order valence-corrected chi connectivity index (χ1v) is 5.12. The lowest BCUT2D eigenvalue weighted by atomic mass is 10.1. The van der Waals surface area contributed by atoms with Gasteiger partial charge in [0, 0.05) is 18.3 Å². The molecule has 5 heteroatoms. The Labute approximate surface area is 88.1 Å². The van der Waals surface area contributed by atoms with Crippen molar-refractivity contribution in [3.63, 3.8) is 0 Å². The van der Waals surface area contributed by atoms with Gasteiger partial charge in [0.15, 0.2) is 0 Å². The maximum atomic E-state index is 12.2. The number of rotatable bonds is 5. The highest BCUT2D eigenvalue weighted by atomic mass is 19.3. The van der Waals surface area contributed by atoms with Crippen molar-refractivity contribution in [2.45, 2.75) is 45.1 Å². The molecule has 2 atom stereocenters. The molecule has 2 unspecified atom stereocenters. The average Bonchev–Trinajstić information content (AvgIpc) is 2.65. The molecule has 1 heterocycles. The highest BCUT2D eigenvalue weighted by Crippen LogP contribution is 2.16. The molecule has 0 aliphatic heterocycles. The van der Waals surface area contributed by atoms with Crippen molar-refractivity contribution in [2.24, 2.45) is 5.73 Å². The Morgan fingerprint density at radius 2 is 2.20 bits per heavy atom. The van der Waals surface area contributed by atoms with Gasteiger partial charge >= 0.3 is 0 Å². The number of hydrogen-bond acceptors (Lipinski definition) is 2. The average molecular weight is 217 g/mol. The molecule has 0 bridgehead atoms. The van der Waals surface area contributed by atoms with E-state index in [4.69, 9.17) is 5.73 Å². The minimum Gasteiger partial charge on any atom is -0.346 e. The molecule has 0 aliphatic rings. The van der Waals surface area contributed by atoms with E-state index in [0.29, 0.717) is 11.7 Å². The third-order valence-electron chi connectivity index (χ3n) is 2.54. The van der Waals surface area contributed by atoms with Gasteiger partial charge in [-0.25, -0.2) is 13.8 Å². The largest absolute Gasteiger partial charge is 0.346 e. The van der Waals surface area contributed by atoms with Gasteiger partial charge in [0.25, 0.3) is 6.43 Å². The maximum absolute atomic E-state index is 12.2. The molecule has 0 aliphatic carbocycles. The van der Waals surface area contributed by atoms with Crippen LogP contribution in [-0.2, 0) is 6.42 Å². The van der Waals surface area contributed by atoms with Gasteiger partial charge in [0.1, 0.15) is 5.82 Å². The minimum atomic E-state index is -2.50. The summed E-state index contributed by atoms with van der Waals surface area (Å²) in [5, 5.41) is 0. The summed E-state index contributed by atoms with van der Waals surface area (Å²) in [5.41, 5.74) is 6.24. The van der Waals surface area contributed by atoms with Crippen LogP contribution in [0.2, 0.25) is 0 Å². The summed E-state index contributed by atoms with van der Waals surface area (Å²) >= 11 is 0. The molecule has 1 aromatic rings. The normalized spacial score (nSPS) is 15.6. The predicted octanol–water partition coefficient (Wildman–Crippen LogP) is 2.06. The van der Waals surface area contributed by atoms with Gasteiger partial charge in [0.05, 0.1) is 6.04 Å². The zero-order valence-corrected chi connectivity index (χ0v) is 9.00. The molecular weight excluding hydrogens is 200 g/mol. The standard InChI is InChI=1S/C10H17F2N3/c1-3-6(2)8-5-14-9(15-8)4-7(13)10(11)12/h5-7,10H,3-4,13H2,1-2H3,(H,14,15). The first kappa shape index (κ1) is 12.1. The van der Waals surface area contributed by atoms with E-state index in [1.54, 1.807) is 6.20 Å². The number of hydrogen-bond donors (Lipinski definition) is 2. The highest BCUT2D eigenvalue weighted by Gasteiger charge is 2.17. The SMILES string of the molecule is CCC(C)c1cnc(CC(N)C(F)F)[nH]1. The van der Waals surface area contributed by atoms with Crippen molar-refractivity contribution in [2.75, 3.05) is 0 Å². The van der Waals surface area contributed by atoms with E-state index in [2.05, 4.69) is 23.8 Å². The number of alkyl halides is 2. The fourth-order valence-electron chi connectivity index (χ4n) is 1.27. The molecule has 0 radical (unpaired) electrons. The van der Waals surface area contributed by atoms with E-state index in [0.717, 1.165) is 12.1 Å². The van der Waals surface area contributed by atoms with Crippen LogP contribution < -0.4 is 5.73 Å². The Balaban J connectivity index is 2.60. The molecule has 3 nitrogen and oxygen atoms in total. The zero-order valence-electron chi connectivity index (χ0n) is 9.00. The number of aromatic nitrogens is 2. The van der Waals surface area contributed by atoms with Gasteiger partial charge in [-0.15, -0.1) is 0 Å². The van der Waals surface area contributed by atoms with Crippen LogP contribution >= 0.6 is 0 Å². The minimum absolute atomic E-state index is 0.0914. The van der Waals surface area contributed by atoms with Gasteiger partial charge in [-0.2, -0.15) is 0 Å². The Hall–Kier alpha value is -0.970. The van der Waals surface area contributed by atoms with E-state index in [9.17, 15) is 8.78 Å². The number of halogens is 2. The first-order chi connectivity index (χ1) is 7.04. The molecule has 0 aromatic carbocycles. The topological polar surface area (TPSA) is 54.7 Å². The van der Waals surface area contributed by atoms with Crippen LogP contribution in [0.25, 0.3) is 0 Å². The molecule has 1 rings (SSSR count). The van der Waals surface area contributed by atoms with Crippen LogP contribution in [0.1, 0.15) is 37.7 Å². The number of aromatic amines is 1. The summed E-state index contributed by atoms with van der Waals surface area (Å²) in [6.45, 7) is 4.13. The molecule has 1 aromatic heterocycles. The highest BCUT2D eigenvalue weighted by molar-refractivity contribution is 5.07. The number of nitrogens with one attached hydrogen (secondary N) is 1. The summed E-state index contributed by atoms with van der Waals surface area (Å²) in [6, 6.07) is -1.14. The smallest absolute Gasteiger partial charge is 0.253 e. The monoisotopic (exact) mass is 217 g/mol. The molecule has 3 N–H and O–H groups in total. The van der Waals surface area contributed by atoms with Crippen LogP contribution in [0.4, 0.5) is 8.78 Å². The van der Waals surface area contributed by atoms with E-state index in [1.807, 2.05) is 0 Å². The van der Waals surface area contributed by atoms with E-state index in [1.165, 1.54) is 0 Å². The Kier molecular flexibility index (Phi) is 4.20. The molecule has 0 spiro atoms. The van der Waals surface area contributed by atoms with Crippen LogP contribution in [0.5, 0.6) is 0 Å². The van der Waals surface area contributed by atoms with Crippen LogP contribution in [0, 0.1) is 0 Å². The Morgan fingerprint density at radius 3 is 2.73 bits per heavy atom. The quantitative estimate of drug-likeness (QED) is 0.793. The molecule has 0 saturated carbocycles. The van der Waals surface area contributed by atoms with E-state index < -0.39 is 12.5 Å². The third-order valence-corrected chi connectivity index (χ3v) is 2.54. The second-order valence-electron chi connectivity index (χ2n) is 3.80. The number of nitrogens with two attached hydrogens (primary N) is 1. The Morgan fingerprint density at radius 1 is 1.53 bits per heavy atom.